The maximum atomic E-state index is 13.4. The van der Waals surface area contributed by atoms with Gasteiger partial charge in [0.1, 0.15) is 11.2 Å². The fourth-order valence-corrected chi connectivity index (χ4v) is 5.55. The Hall–Kier alpha value is -3.37. The minimum atomic E-state index is -0.300. The molecule has 168 valence electrons. The number of fused-ring (bicyclic) bond motifs is 2. The largest absolute Gasteiger partial charge is 0.333 e. The van der Waals surface area contributed by atoms with Crippen LogP contribution in [-0.4, -0.2) is 37.8 Å². The fraction of sp³-hybridized carbons (Fsp3) is 0.261. The van der Waals surface area contributed by atoms with Gasteiger partial charge >= 0.3 is 0 Å². The van der Waals surface area contributed by atoms with E-state index in [9.17, 15) is 14.4 Å². The number of carbonyl (C=O) groups is 2. The van der Waals surface area contributed by atoms with E-state index in [1.54, 1.807) is 29.3 Å². The molecule has 1 aliphatic rings. The van der Waals surface area contributed by atoms with Crippen LogP contribution in [0.3, 0.4) is 0 Å². The molecular weight excluding hydrogens is 458 g/mol. The van der Waals surface area contributed by atoms with E-state index < -0.39 is 0 Å². The smallest absolute Gasteiger partial charge is 0.267 e. The van der Waals surface area contributed by atoms with Crippen molar-refractivity contribution in [3.05, 3.63) is 72.8 Å². The van der Waals surface area contributed by atoms with Crippen LogP contribution < -0.4 is 10.7 Å². The predicted molar refractivity (Wildman–Crippen MR) is 129 cm³/mol. The van der Waals surface area contributed by atoms with Gasteiger partial charge in [-0.3, -0.25) is 19.7 Å². The Morgan fingerprint density at radius 1 is 1.21 bits per heavy atom. The summed E-state index contributed by atoms with van der Waals surface area (Å²) in [6, 6.07) is 7.11. The second kappa shape index (κ2) is 8.53. The highest BCUT2D eigenvalue weighted by molar-refractivity contribution is 7.16. The van der Waals surface area contributed by atoms with Gasteiger partial charge in [0, 0.05) is 36.3 Å². The van der Waals surface area contributed by atoms with Gasteiger partial charge in [0.2, 0.25) is 5.43 Å². The number of amides is 2. The van der Waals surface area contributed by atoms with Crippen molar-refractivity contribution in [2.24, 2.45) is 0 Å². The van der Waals surface area contributed by atoms with E-state index in [2.05, 4.69) is 15.3 Å². The summed E-state index contributed by atoms with van der Waals surface area (Å²) < 4.78 is 1.84. The molecule has 1 N–H and O–H groups in total. The molecule has 0 spiro atoms. The normalized spacial score (nSPS) is 13.2. The van der Waals surface area contributed by atoms with Gasteiger partial charge in [-0.1, -0.05) is 17.4 Å². The van der Waals surface area contributed by atoms with Crippen LogP contribution in [-0.2, 0) is 19.5 Å². The Labute approximate surface area is 197 Å². The number of nitrogens with one attached hydrogen (secondary N) is 1. The average Bonchev–Trinajstić information content (AvgIpc) is 3.48. The molecule has 0 saturated carbocycles. The van der Waals surface area contributed by atoms with Gasteiger partial charge in [0.05, 0.1) is 22.5 Å². The summed E-state index contributed by atoms with van der Waals surface area (Å²) in [5, 5.41) is 5.66. The predicted octanol–water partition coefficient (Wildman–Crippen LogP) is 3.69. The van der Waals surface area contributed by atoms with Crippen LogP contribution in [0.15, 0.2) is 40.6 Å². The van der Waals surface area contributed by atoms with Gasteiger partial charge in [-0.2, -0.15) is 0 Å². The highest BCUT2D eigenvalue weighted by atomic mass is 32.1. The second-order valence-corrected chi connectivity index (χ2v) is 9.81. The van der Waals surface area contributed by atoms with E-state index in [0.717, 1.165) is 16.3 Å². The van der Waals surface area contributed by atoms with Crippen molar-refractivity contribution in [2.75, 3.05) is 11.9 Å². The van der Waals surface area contributed by atoms with Crippen LogP contribution >= 0.6 is 22.7 Å². The first-order valence-corrected chi connectivity index (χ1v) is 12.3. The zero-order valence-corrected chi connectivity index (χ0v) is 19.8. The lowest BCUT2D eigenvalue weighted by molar-refractivity contribution is 0.0734. The maximum absolute atomic E-state index is 13.4. The minimum absolute atomic E-state index is 0.147. The molecular formula is C23H21N5O3S2. The Bertz CT molecular complexity index is 1440. The minimum Gasteiger partial charge on any atom is -0.333 e. The van der Waals surface area contributed by atoms with Gasteiger partial charge < -0.3 is 9.47 Å². The number of nitrogens with zero attached hydrogens (tertiary/aromatic N) is 4. The van der Waals surface area contributed by atoms with Crippen molar-refractivity contribution in [2.45, 2.75) is 33.4 Å². The molecule has 0 radical (unpaired) electrons. The molecule has 2 amide bonds. The van der Waals surface area contributed by atoms with Crippen LogP contribution in [0, 0.1) is 6.92 Å². The van der Waals surface area contributed by atoms with Crippen molar-refractivity contribution >= 4 is 50.7 Å². The Morgan fingerprint density at radius 3 is 2.82 bits per heavy atom. The van der Waals surface area contributed by atoms with Gasteiger partial charge in [-0.05, 0) is 37.4 Å². The Morgan fingerprint density at radius 2 is 2.06 bits per heavy atom. The van der Waals surface area contributed by atoms with Crippen LogP contribution in [0.5, 0.6) is 0 Å². The summed E-state index contributed by atoms with van der Waals surface area (Å²) in [5.74, 6) is -0.489. The summed E-state index contributed by atoms with van der Waals surface area (Å²) in [6.07, 6.45) is 2.19. The SMILES string of the molecule is CCn1cc(C(=O)N2CCc3nc(NC(=O)c4cccs4)sc3C2)c(=O)c2ccc(C)nc21. The van der Waals surface area contributed by atoms with E-state index in [-0.39, 0.29) is 22.8 Å². The molecule has 1 aliphatic heterocycles. The van der Waals surface area contributed by atoms with Gasteiger partial charge in [0.25, 0.3) is 11.8 Å². The van der Waals surface area contributed by atoms with E-state index in [1.165, 1.54) is 22.7 Å². The maximum Gasteiger partial charge on any atom is 0.267 e. The Kier molecular flexibility index (Phi) is 5.55. The summed E-state index contributed by atoms with van der Waals surface area (Å²) >= 11 is 2.74. The summed E-state index contributed by atoms with van der Waals surface area (Å²) in [5.41, 5.74) is 2.14. The number of thiazole rings is 1. The van der Waals surface area contributed by atoms with Crippen molar-refractivity contribution in [3.63, 3.8) is 0 Å². The topological polar surface area (TPSA) is 97.2 Å². The van der Waals surface area contributed by atoms with E-state index >= 15 is 0 Å². The number of hydrogen-bond donors (Lipinski definition) is 1. The molecule has 33 heavy (non-hydrogen) atoms. The van der Waals surface area contributed by atoms with E-state index in [1.807, 2.05) is 29.9 Å². The van der Waals surface area contributed by atoms with Gasteiger partial charge in [-0.25, -0.2) is 9.97 Å². The number of thiophene rings is 1. The molecule has 4 aromatic rings. The first kappa shape index (κ1) is 21.5. The molecule has 0 aromatic carbocycles. The lowest BCUT2D eigenvalue weighted by atomic mass is 10.1. The fourth-order valence-electron chi connectivity index (χ4n) is 3.91. The molecule has 0 atom stereocenters. The molecule has 0 saturated heterocycles. The van der Waals surface area contributed by atoms with Crippen LogP contribution in [0.2, 0.25) is 0 Å². The van der Waals surface area contributed by atoms with Crippen molar-refractivity contribution in [1.29, 1.82) is 0 Å². The lowest BCUT2D eigenvalue weighted by Gasteiger charge is -2.26. The van der Waals surface area contributed by atoms with E-state index in [0.29, 0.717) is 47.1 Å². The second-order valence-electron chi connectivity index (χ2n) is 7.78. The summed E-state index contributed by atoms with van der Waals surface area (Å²) in [7, 11) is 0. The van der Waals surface area contributed by atoms with E-state index in [4.69, 9.17) is 0 Å². The lowest BCUT2D eigenvalue weighted by Crippen LogP contribution is -2.38. The molecule has 0 fully saturated rings. The quantitative estimate of drug-likeness (QED) is 0.481. The van der Waals surface area contributed by atoms with Crippen molar-refractivity contribution < 1.29 is 9.59 Å². The monoisotopic (exact) mass is 479 g/mol. The van der Waals surface area contributed by atoms with Crippen LogP contribution in [0.4, 0.5) is 5.13 Å². The van der Waals surface area contributed by atoms with Crippen molar-refractivity contribution in [1.82, 2.24) is 19.4 Å². The molecule has 5 heterocycles. The molecule has 8 nitrogen and oxygen atoms in total. The number of anilines is 1. The highest BCUT2D eigenvalue weighted by Crippen LogP contribution is 2.29. The third-order valence-electron chi connectivity index (χ3n) is 5.62. The van der Waals surface area contributed by atoms with Gasteiger partial charge in [-0.15, -0.1) is 11.3 Å². The number of aryl methyl sites for hydroxylation is 2. The number of carbonyl (C=O) groups excluding carboxylic acids is 2. The molecule has 10 heteroatoms. The molecule has 4 aromatic heterocycles. The standard InChI is InChI=1S/C23H21N5O3S2/c1-3-27-11-15(19(29)14-7-6-13(2)24-20(14)27)22(31)28-9-8-16-18(12-28)33-23(25-16)26-21(30)17-5-4-10-32-17/h4-7,10-11H,3,8-9,12H2,1-2H3,(H,25,26,30). The molecule has 5 rings (SSSR count). The summed E-state index contributed by atoms with van der Waals surface area (Å²) in [6.45, 7) is 5.25. The average molecular weight is 480 g/mol. The summed E-state index contributed by atoms with van der Waals surface area (Å²) in [4.78, 5) is 51.1. The van der Waals surface area contributed by atoms with Crippen LogP contribution in [0.25, 0.3) is 11.0 Å². The van der Waals surface area contributed by atoms with Crippen molar-refractivity contribution in [3.8, 4) is 0 Å². The van der Waals surface area contributed by atoms with Gasteiger partial charge in [0.15, 0.2) is 5.13 Å². The zero-order chi connectivity index (χ0) is 23.1. The highest BCUT2D eigenvalue weighted by Gasteiger charge is 2.28. The number of pyridine rings is 2. The Balaban J connectivity index is 1.40. The zero-order valence-electron chi connectivity index (χ0n) is 18.1. The molecule has 0 unspecified atom stereocenters. The first-order chi connectivity index (χ1) is 15.9. The molecule has 0 aliphatic carbocycles. The third kappa shape index (κ3) is 3.96. The first-order valence-electron chi connectivity index (χ1n) is 10.6. The van der Waals surface area contributed by atoms with Crippen LogP contribution in [0.1, 0.15) is 43.2 Å². The number of aromatic nitrogens is 3. The molecule has 0 bridgehead atoms. The number of hydrogen-bond acceptors (Lipinski definition) is 7. The third-order valence-corrected chi connectivity index (χ3v) is 7.48. The number of rotatable bonds is 4.